The van der Waals surface area contributed by atoms with Gasteiger partial charge in [0, 0.05) is 18.2 Å². The predicted molar refractivity (Wildman–Crippen MR) is 63.0 cm³/mol. The van der Waals surface area contributed by atoms with E-state index in [4.69, 9.17) is 19.3 Å². The Balaban J connectivity index is 1.80. The van der Waals surface area contributed by atoms with Crippen LogP contribution in [0.4, 0.5) is 0 Å². The van der Waals surface area contributed by atoms with Gasteiger partial charge in [0.05, 0.1) is 19.4 Å². The fourth-order valence-corrected chi connectivity index (χ4v) is 1.72. The van der Waals surface area contributed by atoms with Gasteiger partial charge in [-0.15, -0.1) is 5.10 Å². The second-order valence-electron chi connectivity index (χ2n) is 4.08. The predicted octanol–water partition coefficient (Wildman–Crippen LogP) is 0.891. The number of ether oxygens (including phenoxy) is 3. The second-order valence-corrected chi connectivity index (χ2v) is 4.08. The lowest BCUT2D eigenvalue weighted by atomic mass is 10.2. The van der Waals surface area contributed by atoms with Crippen LogP contribution in [0.15, 0.2) is 12.3 Å². The SMILES string of the molecule is OCCOc1cc(COC2CCCCO2)cnn1. The largest absolute Gasteiger partial charge is 0.474 e. The van der Waals surface area contributed by atoms with Gasteiger partial charge in [-0.05, 0) is 19.3 Å². The van der Waals surface area contributed by atoms with Crippen LogP contribution < -0.4 is 4.74 Å². The zero-order chi connectivity index (χ0) is 12.6. The minimum absolute atomic E-state index is 0.0433. The first-order valence-electron chi connectivity index (χ1n) is 6.17. The first kappa shape index (κ1) is 13.2. The smallest absolute Gasteiger partial charge is 0.233 e. The minimum Gasteiger partial charge on any atom is -0.474 e. The molecule has 2 rings (SSSR count). The van der Waals surface area contributed by atoms with E-state index in [0.717, 1.165) is 31.4 Å². The van der Waals surface area contributed by atoms with Crippen molar-refractivity contribution in [3.05, 3.63) is 17.8 Å². The summed E-state index contributed by atoms with van der Waals surface area (Å²) in [5.41, 5.74) is 0.882. The van der Waals surface area contributed by atoms with Gasteiger partial charge in [0.15, 0.2) is 6.29 Å². The summed E-state index contributed by atoms with van der Waals surface area (Å²) in [7, 11) is 0. The van der Waals surface area contributed by atoms with E-state index in [9.17, 15) is 0 Å². The number of nitrogens with zero attached hydrogens (tertiary/aromatic N) is 2. The van der Waals surface area contributed by atoms with E-state index in [1.165, 1.54) is 0 Å². The van der Waals surface area contributed by atoms with Gasteiger partial charge in [0.2, 0.25) is 5.88 Å². The Morgan fingerprint density at radius 1 is 1.44 bits per heavy atom. The fourth-order valence-electron chi connectivity index (χ4n) is 1.72. The van der Waals surface area contributed by atoms with Gasteiger partial charge in [0.1, 0.15) is 6.61 Å². The van der Waals surface area contributed by atoms with Crippen LogP contribution in [0, 0.1) is 0 Å². The summed E-state index contributed by atoms with van der Waals surface area (Å²) in [6.07, 6.45) is 4.70. The summed E-state index contributed by atoms with van der Waals surface area (Å²) in [6, 6.07) is 1.76. The lowest BCUT2D eigenvalue weighted by molar-refractivity contribution is -0.169. The fraction of sp³-hybridized carbons (Fsp3) is 0.667. The molecule has 1 unspecified atom stereocenters. The van der Waals surface area contributed by atoms with Crippen molar-refractivity contribution in [2.75, 3.05) is 19.8 Å². The van der Waals surface area contributed by atoms with Crippen LogP contribution >= 0.6 is 0 Å². The van der Waals surface area contributed by atoms with E-state index < -0.39 is 0 Å². The van der Waals surface area contributed by atoms with E-state index in [1.54, 1.807) is 12.3 Å². The van der Waals surface area contributed by atoms with E-state index in [1.807, 2.05) is 0 Å². The van der Waals surface area contributed by atoms with Gasteiger partial charge in [-0.1, -0.05) is 0 Å². The third-order valence-electron chi connectivity index (χ3n) is 2.60. The van der Waals surface area contributed by atoms with Crippen LogP contribution in [0.2, 0.25) is 0 Å². The molecule has 18 heavy (non-hydrogen) atoms. The van der Waals surface area contributed by atoms with Crippen molar-refractivity contribution < 1.29 is 19.3 Å². The van der Waals surface area contributed by atoms with Crippen LogP contribution in [0.3, 0.4) is 0 Å². The molecule has 0 bridgehead atoms. The number of aliphatic hydroxyl groups is 1. The molecule has 100 valence electrons. The van der Waals surface area contributed by atoms with Crippen molar-refractivity contribution in [3.63, 3.8) is 0 Å². The molecule has 0 amide bonds. The number of rotatable bonds is 6. The molecule has 0 aliphatic carbocycles. The average molecular weight is 254 g/mol. The molecule has 1 aliphatic rings. The molecule has 0 aromatic carbocycles. The highest BCUT2D eigenvalue weighted by molar-refractivity contribution is 5.16. The normalized spacial score (nSPS) is 19.7. The molecular formula is C12H18N2O4. The van der Waals surface area contributed by atoms with Crippen molar-refractivity contribution in [1.82, 2.24) is 10.2 Å². The Morgan fingerprint density at radius 2 is 2.39 bits per heavy atom. The summed E-state index contributed by atoms with van der Waals surface area (Å²) in [5, 5.41) is 16.3. The highest BCUT2D eigenvalue weighted by Gasteiger charge is 2.14. The Kier molecular flexibility index (Phi) is 5.32. The van der Waals surface area contributed by atoms with Gasteiger partial charge in [-0.2, -0.15) is 5.10 Å². The molecule has 1 aliphatic heterocycles. The first-order chi connectivity index (χ1) is 8.88. The van der Waals surface area contributed by atoms with Gasteiger partial charge >= 0.3 is 0 Å². The third-order valence-corrected chi connectivity index (χ3v) is 2.60. The lowest BCUT2D eigenvalue weighted by Gasteiger charge is -2.22. The molecule has 0 radical (unpaired) electrons. The topological polar surface area (TPSA) is 73.7 Å². The summed E-state index contributed by atoms with van der Waals surface area (Å²) in [4.78, 5) is 0. The molecule has 0 saturated carbocycles. The Hall–Kier alpha value is -1.24. The molecule has 1 fully saturated rings. The van der Waals surface area contributed by atoms with Gasteiger partial charge < -0.3 is 19.3 Å². The van der Waals surface area contributed by atoms with Crippen LogP contribution in [0.1, 0.15) is 24.8 Å². The number of aliphatic hydroxyl groups excluding tert-OH is 1. The van der Waals surface area contributed by atoms with Crippen LogP contribution in [0.25, 0.3) is 0 Å². The molecule has 1 saturated heterocycles. The number of aromatic nitrogens is 2. The summed E-state index contributed by atoms with van der Waals surface area (Å²) in [5.74, 6) is 0.398. The maximum absolute atomic E-state index is 8.66. The monoisotopic (exact) mass is 254 g/mol. The summed E-state index contributed by atoms with van der Waals surface area (Å²) < 4.78 is 16.3. The maximum Gasteiger partial charge on any atom is 0.233 e. The van der Waals surface area contributed by atoms with Crippen LogP contribution in [-0.2, 0) is 16.1 Å². The van der Waals surface area contributed by atoms with Gasteiger partial charge in [0.25, 0.3) is 0 Å². The average Bonchev–Trinajstić information content (AvgIpc) is 2.44. The Morgan fingerprint density at radius 3 is 3.17 bits per heavy atom. The number of hydrogen-bond donors (Lipinski definition) is 1. The summed E-state index contributed by atoms with van der Waals surface area (Å²) >= 11 is 0. The van der Waals surface area contributed by atoms with Crippen molar-refractivity contribution in [1.29, 1.82) is 0 Å². The van der Waals surface area contributed by atoms with Crippen molar-refractivity contribution in [2.45, 2.75) is 32.2 Å². The molecule has 1 aromatic rings. The lowest BCUT2D eigenvalue weighted by Crippen LogP contribution is -2.22. The first-order valence-corrected chi connectivity index (χ1v) is 6.17. The molecule has 1 atom stereocenters. The van der Waals surface area contributed by atoms with Crippen molar-refractivity contribution in [3.8, 4) is 5.88 Å². The minimum atomic E-state index is -0.117. The molecule has 6 heteroatoms. The summed E-state index contributed by atoms with van der Waals surface area (Å²) in [6.45, 7) is 1.36. The molecule has 1 N–H and O–H groups in total. The van der Waals surface area contributed by atoms with Crippen LogP contribution in [0.5, 0.6) is 5.88 Å². The second kappa shape index (κ2) is 7.25. The molecular weight excluding hydrogens is 236 g/mol. The van der Waals surface area contributed by atoms with E-state index >= 15 is 0 Å². The quantitative estimate of drug-likeness (QED) is 0.812. The van der Waals surface area contributed by atoms with Crippen molar-refractivity contribution >= 4 is 0 Å². The molecule has 2 heterocycles. The van der Waals surface area contributed by atoms with E-state index in [-0.39, 0.29) is 19.5 Å². The zero-order valence-corrected chi connectivity index (χ0v) is 10.2. The zero-order valence-electron chi connectivity index (χ0n) is 10.2. The Labute approximate surface area is 106 Å². The van der Waals surface area contributed by atoms with Gasteiger partial charge in [-0.25, -0.2) is 0 Å². The van der Waals surface area contributed by atoms with E-state index in [2.05, 4.69) is 10.2 Å². The maximum atomic E-state index is 8.66. The third kappa shape index (κ3) is 4.21. The molecule has 1 aromatic heterocycles. The van der Waals surface area contributed by atoms with E-state index in [0.29, 0.717) is 12.5 Å². The van der Waals surface area contributed by atoms with Gasteiger partial charge in [-0.3, -0.25) is 0 Å². The van der Waals surface area contributed by atoms with Crippen molar-refractivity contribution in [2.24, 2.45) is 0 Å². The standard InChI is InChI=1S/C12H18N2O4/c15-4-6-16-11-7-10(8-13-14-11)9-18-12-3-1-2-5-17-12/h7-8,12,15H,1-6,9H2. The number of hydrogen-bond acceptors (Lipinski definition) is 6. The molecule has 6 nitrogen and oxygen atoms in total. The van der Waals surface area contributed by atoms with Crippen LogP contribution in [-0.4, -0.2) is 41.4 Å². The Bertz CT molecular complexity index is 356. The molecule has 0 spiro atoms. The highest BCUT2D eigenvalue weighted by Crippen LogP contribution is 2.16. The highest BCUT2D eigenvalue weighted by atomic mass is 16.7.